The van der Waals surface area contributed by atoms with Gasteiger partial charge in [-0.15, -0.1) is 0 Å². The number of hydrogen-bond acceptors (Lipinski definition) is 3. The number of nitrogens with zero attached hydrogens (tertiary/aromatic N) is 1. The molecular formula is C16H24N2O. The summed E-state index contributed by atoms with van der Waals surface area (Å²) in [6.07, 6.45) is 6.50. The molecule has 1 heterocycles. The first-order valence-electron chi connectivity index (χ1n) is 7.39. The molecule has 3 heteroatoms. The van der Waals surface area contributed by atoms with E-state index in [1.54, 1.807) is 7.11 Å². The average molecular weight is 260 g/mol. The van der Waals surface area contributed by atoms with Crippen molar-refractivity contribution < 1.29 is 4.74 Å². The first-order valence-corrected chi connectivity index (χ1v) is 7.39. The summed E-state index contributed by atoms with van der Waals surface area (Å²) in [6.45, 7) is 0. The third kappa shape index (κ3) is 2.00. The highest BCUT2D eigenvalue weighted by Crippen LogP contribution is 2.47. The van der Waals surface area contributed by atoms with Gasteiger partial charge in [-0.1, -0.05) is 31.4 Å². The average Bonchev–Trinajstić information content (AvgIpc) is 2.70. The van der Waals surface area contributed by atoms with E-state index in [2.05, 4.69) is 24.1 Å². The number of nitrogens with two attached hydrogens (primary N) is 1. The van der Waals surface area contributed by atoms with E-state index in [9.17, 15) is 0 Å². The first kappa shape index (κ1) is 12.8. The second kappa shape index (κ2) is 5.04. The van der Waals surface area contributed by atoms with Crippen LogP contribution in [0.4, 0.5) is 5.69 Å². The van der Waals surface area contributed by atoms with E-state index in [4.69, 9.17) is 10.5 Å². The summed E-state index contributed by atoms with van der Waals surface area (Å²) in [5, 5.41) is 0. The fourth-order valence-corrected chi connectivity index (χ4v) is 3.96. The number of benzene rings is 1. The molecule has 0 spiro atoms. The van der Waals surface area contributed by atoms with Crippen molar-refractivity contribution in [3.8, 4) is 5.75 Å². The van der Waals surface area contributed by atoms with Gasteiger partial charge in [0.25, 0.3) is 0 Å². The van der Waals surface area contributed by atoms with Crippen LogP contribution >= 0.6 is 0 Å². The second-order valence-electron chi connectivity index (χ2n) is 5.90. The van der Waals surface area contributed by atoms with Crippen LogP contribution in [-0.4, -0.2) is 20.2 Å². The molecule has 0 saturated heterocycles. The third-order valence-corrected chi connectivity index (χ3v) is 4.95. The van der Waals surface area contributed by atoms with Gasteiger partial charge < -0.3 is 15.4 Å². The number of anilines is 1. The molecule has 0 aromatic heterocycles. The smallest absolute Gasteiger partial charge is 0.142 e. The lowest BCUT2D eigenvalue weighted by Crippen LogP contribution is -2.47. The molecule has 3 unspecified atom stereocenters. The SMILES string of the molecule is COc1cccc2c1N(C)C1CCCCCC1C2N. The van der Waals surface area contributed by atoms with Crippen molar-refractivity contribution >= 4 is 5.69 Å². The highest BCUT2D eigenvalue weighted by molar-refractivity contribution is 5.67. The van der Waals surface area contributed by atoms with Crippen LogP contribution in [0.3, 0.4) is 0 Å². The minimum absolute atomic E-state index is 0.157. The van der Waals surface area contributed by atoms with Crippen LogP contribution in [0.25, 0.3) is 0 Å². The highest BCUT2D eigenvalue weighted by atomic mass is 16.5. The summed E-state index contributed by atoms with van der Waals surface area (Å²) in [6, 6.07) is 6.99. The zero-order valence-corrected chi connectivity index (χ0v) is 11.9. The van der Waals surface area contributed by atoms with Gasteiger partial charge in [-0.2, -0.15) is 0 Å². The molecule has 0 radical (unpaired) electrons. The van der Waals surface area contributed by atoms with Crippen molar-refractivity contribution in [2.75, 3.05) is 19.1 Å². The molecule has 19 heavy (non-hydrogen) atoms. The fraction of sp³-hybridized carbons (Fsp3) is 0.625. The molecule has 1 saturated carbocycles. The lowest BCUT2D eigenvalue weighted by molar-refractivity contribution is 0.306. The van der Waals surface area contributed by atoms with Gasteiger partial charge in [0.1, 0.15) is 5.75 Å². The Morgan fingerprint density at radius 1 is 1.21 bits per heavy atom. The molecule has 104 valence electrons. The van der Waals surface area contributed by atoms with Crippen LogP contribution in [0.5, 0.6) is 5.75 Å². The normalized spacial score (nSPS) is 30.3. The molecular weight excluding hydrogens is 236 g/mol. The van der Waals surface area contributed by atoms with Gasteiger partial charge in [-0.25, -0.2) is 0 Å². The number of rotatable bonds is 1. The Bertz CT molecular complexity index is 460. The molecule has 3 rings (SSSR count). The van der Waals surface area contributed by atoms with Crippen molar-refractivity contribution in [2.45, 2.75) is 44.2 Å². The van der Waals surface area contributed by atoms with Gasteiger partial charge in [0.2, 0.25) is 0 Å². The van der Waals surface area contributed by atoms with Gasteiger partial charge in [0.05, 0.1) is 12.8 Å². The predicted molar refractivity (Wildman–Crippen MR) is 78.7 cm³/mol. The number of hydrogen-bond donors (Lipinski definition) is 1. The number of methoxy groups -OCH3 is 1. The fourth-order valence-electron chi connectivity index (χ4n) is 3.96. The lowest BCUT2D eigenvalue weighted by atomic mass is 9.79. The van der Waals surface area contributed by atoms with Crippen LogP contribution in [0, 0.1) is 5.92 Å². The van der Waals surface area contributed by atoms with Gasteiger partial charge in [0.15, 0.2) is 0 Å². The summed E-state index contributed by atoms with van der Waals surface area (Å²) < 4.78 is 5.55. The van der Waals surface area contributed by atoms with E-state index in [1.807, 2.05) is 6.07 Å². The quantitative estimate of drug-likeness (QED) is 0.843. The van der Waals surface area contributed by atoms with Crippen molar-refractivity contribution in [1.29, 1.82) is 0 Å². The zero-order valence-electron chi connectivity index (χ0n) is 11.9. The topological polar surface area (TPSA) is 38.5 Å². The van der Waals surface area contributed by atoms with Crippen LogP contribution in [-0.2, 0) is 0 Å². The summed E-state index contributed by atoms with van der Waals surface area (Å²) >= 11 is 0. The first-order chi connectivity index (χ1) is 9.24. The lowest BCUT2D eigenvalue weighted by Gasteiger charge is -2.45. The Kier molecular flexibility index (Phi) is 3.40. The Hall–Kier alpha value is -1.22. The van der Waals surface area contributed by atoms with E-state index < -0.39 is 0 Å². The molecule has 2 aliphatic rings. The Labute approximate surface area is 115 Å². The molecule has 1 aliphatic heterocycles. The molecule has 1 aliphatic carbocycles. The highest BCUT2D eigenvalue weighted by Gasteiger charge is 2.39. The zero-order chi connectivity index (χ0) is 13.4. The second-order valence-corrected chi connectivity index (χ2v) is 5.90. The van der Waals surface area contributed by atoms with Gasteiger partial charge in [-0.05, 0) is 30.4 Å². The van der Waals surface area contributed by atoms with E-state index in [-0.39, 0.29) is 6.04 Å². The largest absolute Gasteiger partial charge is 0.495 e. The Balaban J connectivity index is 2.07. The van der Waals surface area contributed by atoms with Crippen molar-refractivity contribution in [3.05, 3.63) is 23.8 Å². The van der Waals surface area contributed by atoms with Crippen LogP contribution in [0.15, 0.2) is 18.2 Å². The number of ether oxygens (including phenoxy) is 1. The standard InChI is InChI=1S/C16H24N2O/c1-18-13-9-5-3-4-7-11(13)15(17)12-8-6-10-14(19-2)16(12)18/h6,8,10-11,13,15H,3-5,7,9,17H2,1-2H3. The maximum absolute atomic E-state index is 6.57. The molecule has 1 aromatic rings. The maximum Gasteiger partial charge on any atom is 0.142 e. The molecule has 3 nitrogen and oxygen atoms in total. The van der Waals surface area contributed by atoms with Crippen molar-refractivity contribution in [3.63, 3.8) is 0 Å². The Morgan fingerprint density at radius 3 is 2.79 bits per heavy atom. The molecule has 0 bridgehead atoms. The summed E-state index contributed by atoms with van der Waals surface area (Å²) in [5.74, 6) is 1.55. The summed E-state index contributed by atoms with van der Waals surface area (Å²) in [5.41, 5.74) is 9.04. The molecule has 1 fully saturated rings. The predicted octanol–water partition coefficient (Wildman–Crippen LogP) is 3.09. The molecule has 2 N–H and O–H groups in total. The minimum atomic E-state index is 0.157. The summed E-state index contributed by atoms with van der Waals surface area (Å²) in [4.78, 5) is 2.42. The van der Waals surface area contributed by atoms with E-state index in [0.29, 0.717) is 12.0 Å². The van der Waals surface area contributed by atoms with Crippen LogP contribution in [0.1, 0.15) is 43.7 Å². The van der Waals surface area contributed by atoms with Crippen LogP contribution < -0.4 is 15.4 Å². The van der Waals surface area contributed by atoms with Crippen molar-refractivity contribution in [1.82, 2.24) is 0 Å². The van der Waals surface area contributed by atoms with Gasteiger partial charge in [-0.3, -0.25) is 0 Å². The van der Waals surface area contributed by atoms with Crippen LogP contribution in [0.2, 0.25) is 0 Å². The molecule has 3 atom stereocenters. The summed E-state index contributed by atoms with van der Waals surface area (Å²) in [7, 11) is 3.95. The maximum atomic E-state index is 6.57. The van der Waals surface area contributed by atoms with E-state index >= 15 is 0 Å². The van der Waals surface area contributed by atoms with Gasteiger partial charge in [0, 0.05) is 19.1 Å². The monoisotopic (exact) mass is 260 g/mol. The number of fused-ring (bicyclic) bond motifs is 2. The van der Waals surface area contributed by atoms with Gasteiger partial charge >= 0.3 is 0 Å². The van der Waals surface area contributed by atoms with E-state index in [1.165, 1.54) is 43.4 Å². The number of para-hydroxylation sites is 1. The third-order valence-electron chi connectivity index (χ3n) is 4.95. The Morgan fingerprint density at radius 2 is 2.00 bits per heavy atom. The molecule has 0 amide bonds. The van der Waals surface area contributed by atoms with E-state index in [0.717, 1.165) is 5.75 Å². The molecule has 1 aromatic carbocycles. The van der Waals surface area contributed by atoms with Crippen molar-refractivity contribution in [2.24, 2.45) is 11.7 Å². The minimum Gasteiger partial charge on any atom is -0.495 e.